The van der Waals surface area contributed by atoms with Crippen molar-refractivity contribution in [2.24, 2.45) is 11.8 Å². The summed E-state index contributed by atoms with van der Waals surface area (Å²) in [7, 11) is 1.64. The number of carbonyl (C=O) groups excluding carboxylic acids is 1. The number of allylic oxidation sites excluding steroid dienone is 2. The second kappa shape index (κ2) is 7.51. The van der Waals surface area contributed by atoms with E-state index >= 15 is 0 Å². The Morgan fingerprint density at radius 1 is 1.17 bits per heavy atom. The molecule has 2 aliphatic rings. The van der Waals surface area contributed by atoms with Crippen molar-refractivity contribution in [1.82, 2.24) is 4.90 Å². The first-order chi connectivity index (χ1) is 11.3. The van der Waals surface area contributed by atoms with Crippen molar-refractivity contribution in [3.63, 3.8) is 0 Å². The SMILES string of the molecule is COCCOc1ccccc1NC(=O)N1CC2CC=CCC2C1. The lowest BCUT2D eigenvalue weighted by Crippen LogP contribution is -2.33. The average Bonchev–Trinajstić information content (AvgIpc) is 3.01. The summed E-state index contributed by atoms with van der Waals surface area (Å²) < 4.78 is 10.7. The van der Waals surface area contributed by atoms with Crippen LogP contribution in [0.3, 0.4) is 0 Å². The molecule has 2 amide bonds. The maximum absolute atomic E-state index is 12.6. The van der Waals surface area contributed by atoms with Gasteiger partial charge in [0, 0.05) is 20.2 Å². The van der Waals surface area contributed by atoms with Gasteiger partial charge in [0.25, 0.3) is 0 Å². The molecule has 23 heavy (non-hydrogen) atoms. The number of hydrogen-bond acceptors (Lipinski definition) is 3. The van der Waals surface area contributed by atoms with Crippen LogP contribution >= 0.6 is 0 Å². The Morgan fingerprint density at radius 3 is 2.57 bits per heavy atom. The second-order valence-corrected chi connectivity index (χ2v) is 6.14. The van der Waals surface area contributed by atoms with Crippen LogP contribution in [0.2, 0.25) is 0 Å². The van der Waals surface area contributed by atoms with Gasteiger partial charge < -0.3 is 19.7 Å². The van der Waals surface area contributed by atoms with Crippen LogP contribution in [-0.4, -0.2) is 44.3 Å². The minimum absolute atomic E-state index is 0.0396. The lowest BCUT2D eigenvalue weighted by molar-refractivity contribution is 0.146. The molecule has 2 unspecified atom stereocenters. The molecule has 0 bridgehead atoms. The normalized spacial score (nSPS) is 22.7. The maximum Gasteiger partial charge on any atom is 0.321 e. The molecule has 1 aliphatic carbocycles. The van der Waals surface area contributed by atoms with Crippen molar-refractivity contribution in [2.45, 2.75) is 12.8 Å². The molecule has 2 atom stereocenters. The molecule has 5 nitrogen and oxygen atoms in total. The van der Waals surface area contributed by atoms with E-state index in [9.17, 15) is 4.79 Å². The van der Waals surface area contributed by atoms with Gasteiger partial charge in [0.05, 0.1) is 12.3 Å². The first-order valence-corrected chi connectivity index (χ1v) is 8.19. The van der Waals surface area contributed by atoms with Gasteiger partial charge in [-0.1, -0.05) is 24.3 Å². The third-order valence-corrected chi connectivity index (χ3v) is 4.58. The molecule has 0 aromatic heterocycles. The van der Waals surface area contributed by atoms with Crippen molar-refractivity contribution in [3.05, 3.63) is 36.4 Å². The standard InChI is InChI=1S/C18H24N2O3/c1-22-10-11-23-17-9-5-4-8-16(17)19-18(21)20-12-14-6-2-3-7-15(14)13-20/h2-5,8-9,14-15H,6-7,10-13H2,1H3,(H,19,21). The number of benzene rings is 1. The number of hydrogen-bond donors (Lipinski definition) is 1. The maximum atomic E-state index is 12.6. The summed E-state index contributed by atoms with van der Waals surface area (Å²) in [4.78, 5) is 14.5. The number of amides is 2. The van der Waals surface area contributed by atoms with E-state index in [1.165, 1.54) is 0 Å². The van der Waals surface area contributed by atoms with Crippen molar-refractivity contribution in [1.29, 1.82) is 0 Å². The lowest BCUT2D eigenvalue weighted by atomic mass is 9.86. The Morgan fingerprint density at radius 2 is 1.87 bits per heavy atom. The van der Waals surface area contributed by atoms with Crippen LogP contribution in [0, 0.1) is 11.8 Å². The summed E-state index contributed by atoms with van der Waals surface area (Å²) in [6, 6.07) is 7.48. The zero-order chi connectivity index (χ0) is 16.1. The van der Waals surface area contributed by atoms with Gasteiger partial charge in [-0.3, -0.25) is 0 Å². The fraction of sp³-hybridized carbons (Fsp3) is 0.500. The van der Waals surface area contributed by atoms with Crippen molar-refractivity contribution < 1.29 is 14.3 Å². The van der Waals surface area contributed by atoms with E-state index in [2.05, 4.69) is 17.5 Å². The predicted octanol–water partition coefficient (Wildman–Crippen LogP) is 3.14. The molecule has 3 rings (SSSR count). The Kier molecular flexibility index (Phi) is 5.18. The number of likely N-dealkylation sites (tertiary alicyclic amines) is 1. The lowest BCUT2D eigenvalue weighted by Gasteiger charge is -2.19. The van der Waals surface area contributed by atoms with E-state index in [0.717, 1.165) is 25.9 Å². The molecule has 1 aromatic rings. The molecule has 5 heteroatoms. The highest BCUT2D eigenvalue weighted by Gasteiger charge is 2.35. The number of rotatable bonds is 5. The van der Waals surface area contributed by atoms with Crippen molar-refractivity contribution >= 4 is 11.7 Å². The van der Waals surface area contributed by atoms with E-state index in [4.69, 9.17) is 9.47 Å². The first-order valence-electron chi connectivity index (χ1n) is 8.19. The molecule has 1 N–H and O–H groups in total. The summed E-state index contributed by atoms with van der Waals surface area (Å²) in [5.41, 5.74) is 0.710. The molecular formula is C18H24N2O3. The summed E-state index contributed by atoms with van der Waals surface area (Å²) in [6.45, 7) is 2.66. The summed E-state index contributed by atoms with van der Waals surface area (Å²) in [5, 5.41) is 2.99. The average molecular weight is 316 g/mol. The third-order valence-electron chi connectivity index (χ3n) is 4.58. The van der Waals surface area contributed by atoms with Crippen LogP contribution in [0.5, 0.6) is 5.75 Å². The van der Waals surface area contributed by atoms with Crippen LogP contribution in [0.15, 0.2) is 36.4 Å². The van der Waals surface area contributed by atoms with Gasteiger partial charge in [-0.2, -0.15) is 0 Å². The second-order valence-electron chi connectivity index (χ2n) is 6.14. The Balaban J connectivity index is 1.60. The number of nitrogens with one attached hydrogen (secondary N) is 1. The quantitative estimate of drug-likeness (QED) is 0.670. The van der Waals surface area contributed by atoms with Crippen LogP contribution in [0.25, 0.3) is 0 Å². The van der Waals surface area contributed by atoms with Gasteiger partial charge in [0.15, 0.2) is 0 Å². The fourth-order valence-electron chi connectivity index (χ4n) is 3.31. The van der Waals surface area contributed by atoms with Crippen LogP contribution in [-0.2, 0) is 4.74 Å². The van der Waals surface area contributed by atoms with Crippen molar-refractivity contribution in [3.8, 4) is 5.75 Å². The van der Waals surface area contributed by atoms with E-state index in [1.54, 1.807) is 7.11 Å². The van der Waals surface area contributed by atoms with E-state index in [0.29, 0.717) is 36.5 Å². The smallest absolute Gasteiger partial charge is 0.321 e. The summed E-state index contributed by atoms with van der Waals surface area (Å²) >= 11 is 0. The van der Waals surface area contributed by atoms with Gasteiger partial charge in [-0.25, -0.2) is 4.79 Å². The van der Waals surface area contributed by atoms with Crippen LogP contribution in [0.4, 0.5) is 10.5 Å². The Bertz CT molecular complexity index is 557. The summed E-state index contributed by atoms with van der Waals surface area (Å²) in [6.07, 6.45) is 6.65. The number of anilines is 1. The number of carbonyl (C=O) groups is 1. The van der Waals surface area contributed by atoms with Gasteiger partial charge in [-0.15, -0.1) is 0 Å². The number of ether oxygens (including phenoxy) is 2. The van der Waals surface area contributed by atoms with E-state index in [1.807, 2.05) is 29.2 Å². The Hall–Kier alpha value is -2.01. The molecule has 1 aliphatic heterocycles. The van der Waals surface area contributed by atoms with Gasteiger partial charge >= 0.3 is 6.03 Å². The molecule has 1 aromatic carbocycles. The number of para-hydroxylation sites is 2. The molecular weight excluding hydrogens is 292 g/mol. The zero-order valence-corrected chi connectivity index (χ0v) is 13.5. The minimum atomic E-state index is -0.0396. The predicted molar refractivity (Wildman–Crippen MR) is 89.8 cm³/mol. The highest BCUT2D eigenvalue weighted by molar-refractivity contribution is 5.91. The first kappa shape index (κ1) is 15.9. The molecule has 0 spiro atoms. The number of methoxy groups -OCH3 is 1. The summed E-state index contributed by atoms with van der Waals surface area (Å²) in [5.74, 6) is 1.90. The third kappa shape index (κ3) is 3.85. The number of urea groups is 1. The molecule has 0 radical (unpaired) electrons. The Labute approximate surface area is 137 Å². The van der Waals surface area contributed by atoms with Crippen LogP contribution < -0.4 is 10.1 Å². The molecule has 124 valence electrons. The highest BCUT2D eigenvalue weighted by atomic mass is 16.5. The zero-order valence-electron chi connectivity index (χ0n) is 13.5. The minimum Gasteiger partial charge on any atom is -0.489 e. The monoisotopic (exact) mass is 316 g/mol. The van der Waals surface area contributed by atoms with Gasteiger partial charge in [0.2, 0.25) is 0 Å². The highest BCUT2D eigenvalue weighted by Crippen LogP contribution is 2.33. The van der Waals surface area contributed by atoms with E-state index in [-0.39, 0.29) is 6.03 Å². The van der Waals surface area contributed by atoms with Crippen LogP contribution in [0.1, 0.15) is 12.8 Å². The van der Waals surface area contributed by atoms with Gasteiger partial charge in [0.1, 0.15) is 12.4 Å². The van der Waals surface area contributed by atoms with E-state index < -0.39 is 0 Å². The molecule has 1 saturated heterocycles. The van der Waals surface area contributed by atoms with Gasteiger partial charge in [-0.05, 0) is 36.8 Å². The molecule has 1 fully saturated rings. The molecule has 1 heterocycles. The fourth-order valence-corrected chi connectivity index (χ4v) is 3.31. The largest absolute Gasteiger partial charge is 0.489 e. The number of nitrogens with zero attached hydrogens (tertiary/aromatic N) is 1. The topological polar surface area (TPSA) is 50.8 Å². The van der Waals surface area contributed by atoms with Crippen molar-refractivity contribution in [2.75, 3.05) is 38.7 Å². The molecule has 0 saturated carbocycles. The number of fused-ring (bicyclic) bond motifs is 1.